The van der Waals surface area contributed by atoms with Gasteiger partial charge in [0.1, 0.15) is 0 Å². The highest BCUT2D eigenvalue weighted by Crippen LogP contribution is 2.23. The smallest absolute Gasteiger partial charge is 0.272 e. The Morgan fingerprint density at radius 3 is 2.78 bits per heavy atom. The van der Waals surface area contributed by atoms with Crippen molar-refractivity contribution in [1.82, 2.24) is 0 Å². The number of halogens is 1. The van der Waals surface area contributed by atoms with E-state index in [9.17, 15) is 10.1 Å². The van der Waals surface area contributed by atoms with Gasteiger partial charge in [-0.3, -0.25) is 10.1 Å². The van der Waals surface area contributed by atoms with Crippen LogP contribution in [0.4, 0.5) is 11.4 Å². The monoisotopic (exact) mass is 282 g/mol. The molecule has 1 aromatic carbocycles. The first-order valence-corrected chi connectivity index (χ1v) is 6.54. The number of benzene rings is 1. The highest BCUT2D eigenvalue weighted by molar-refractivity contribution is 7.10. The fourth-order valence-corrected chi connectivity index (χ4v) is 2.62. The molecule has 1 N–H and O–H groups in total. The van der Waals surface area contributed by atoms with Crippen LogP contribution in [0.5, 0.6) is 0 Å². The van der Waals surface area contributed by atoms with E-state index in [0.717, 1.165) is 15.6 Å². The van der Waals surface area contributed by atoms with Crippen LogP contribution >= 0.6 is 22.9 Å². The molecule has 0 amide bonds. The van der Waals surface area contributed by atoms with Crippen LogP contribution in [0, 0.1) is 17.0 Å². The molecule has 2 aromatic rings. The lowest BCUT2D eigenvalue weighted by molar-refractivity contribution is -0.385. The molecule has 0 saturated carbocycles. The summed E-state index contributed by atoms with van der Waals surface area (Å²) in [7, 11) is 0. The summed E-state index contributed by atoms with van der Waals surface area (Å²) in [4.78, 5) is 11.4. The quantitative estimate of drug-likeness (QED) is 0.674. The lowest BCUT2D eigenvalue weighted by atomic mass is 10.2. The normalized spacial score (nSPS) is 10.3. The predicted molar refractivity (Wildman–Crippen MR) is 74.5 cm³/mol. The molecule has 0 saturated heterocycles. The maximum absolute atomic E-state index is 10.7. The van der Waals surface area contributed by atoms with Gasteiger partial charge in [-0.1, -0.05) is 11.6 Å². The first-order chi connectivity index (χ1) is 8.56. The Bertz CT molecular complexity index is 583. The number of anilines is 1. The molecule has 0 aliphatic carbocycles. The lowest BCUT2D eigenvalue weighted by Gasteiger charge is -2.06. The molecule has 94 valence electrons. The summed E-state index contributed by atoms with van der Waals surface area (Å²) in [5.41, 5.74) is 1.65. The molecule has 6 heteroatoms. The average Bonchev–Trinajstić information content (AvgIpc) is 2.72. The molecule has 0 spiro atoms. The van der Waals surface area contributed by atoms with E-state index in [2.05, 4.69) is 5.32 Å². The summed E-state index contributed by atoms with van der Waals surface area (Å²) < 4.78 is 0. The molecule has 0 atom stereocenters. The van der Waals surface area contributed by atoms with E-state index >= 15 is 0 Å². The van der Waals surface area contributed by atoms with Crippen molar-refractivity contribution in [3.05, 3.63) is 55.2 Å². The Hall–Kier alpha value is -1.59. The van der Waals surface area contributed by atoms with E-state index in [0.29, 0.717) is 12.1 Å². The summed E-state index contributed by atoms with van der Waals surface area (Å²) in [6.45, 7) is 2.39. The van der Waals surface area contributed by atoms with Crippen LogP contribution < -0.4 is 5.32 Å². The van der Waals surface area contributed by atoms with Crippen LogP contribution in [-0.4, -0.2) is 4.92 Å². The van der Waals surface area contributed by atoms with Gasteiger partial charge in [-0.15, -0.1) is 11.3 Å². The number of hydrogen-bond donors (Lipinski definition) is 1. The molecule has 0 radical (unpaired) electrons. The number of nitro groups is 1. The summed E-state index contributed by atoms with van der Waals surface area (Å²) >= 11 is 7.41. The number of hydrogen-bond acceptors (Lipinski definition) is 4. The number of nitro benzene ring substituents is 1. The van der Waals surface area contributed by atoms with Gasteiger partial charge in [-0.2, -0.15) is 0 Å². The highest BCUT2D eigenvalue weighted by atomic mass is 35.5. The SMILES string of the molecule is Cc1cc(NCc2cc(Cl)cs2)ccc1[N+](=O)[O-]. The second-order valence-corrected chi connectivity index (χ2v) is 5.28. The van der Waals surface area contributed by atoms with E-state index in [1.165, 1.54) is 6.07 Å². The minimum Gasteiger partial charge on any atom is -0.380 e. The average molecular weight is 283 g/mol. The van der Waals surface area contributed by atoms with Crippen LogP contribution in [-0.2, 0) is 6.54 Å². The van der Waals surface area contributed by atoms with Crippen molar-refractivity contribution in [2.75, 3.05) is 5.32 Å². The molecular weight excluding hydrogens is 272 g/mol. The maximum Gasteiger partial charge on any atom is 0.272 e. The van der Waals surface area contributed by atoms with Crippen molar-refractivity contribution in [2.24, 2.45) is 0 Å². The number of rotatable bonds is 4. The van der Waals surface area contributed by atoms with Gasteiger partial charge >= 0.3 is 0 Å². The standard InChI is InChI=1S/C12H11ClN2O2S/c1-8-4-10(2-3-12(8)15(16)17)14-6-11-5-9(13)7-18-11/h2-5,7,14H,6H2,1H3. The number of aryl methyl sites for hydroxylation is 1. The van der Waals surface area contributed by atoms with Gasteiger partial charge in [0, 0.05) is 34.1 Å². The Labute approximate surface area is 113 Å². The van der Waals surface area contributed by atoms with Crippen LogP contribution in [0.1, 0.15) is 10.4 Å². The third-order valence-corrected chi connectivity index (χ3v) is 3.77. The van der Waals surface area contributed by atoms with Crippen molar-refractivity contribution < 1.29 is 4.92 Å². The molecule has 0 unspecified atom stereocenters. The first kappa shape index (κ1) is 12.9. The topological polar surface area (TPSA) is 55.2 Å². The van der Waals surface area contributed by atoms with Crippen molar-refractivity contribution >= 4 is 34.3 Å². The molecule has 1 heterocycles. The number of thiophene rings is 1. The number of nitrogens with one attached hydrogen (secondary N) is 1. The Morgan fingerprint density at radius 1 is 1.44 bits per heavy atom. The molecule has 0 fully saturated rings. The summed E-state index contributed by atoms with van der Waals surface area (Å²) in [5.74, 6) is 0. The molecule has 4 nitrogen and oxygen atoms in total. The number of nitrogens with zero attached hydrogens (tertiary/aromatic N) is 1. The second-order valence-electron chi connectivity index (χ2n) is 3.84. The first-order valence-electron chi connectivity index (χ1n) is 5.28. The molecule has 18 heavy (non-hydrogen) atoms. The molecule has 0 bridgehead atoms. The zero-order chi connectivity index (χ0) is 13.1. The van der Waals surface area contributed by atoms with Gasteiger partial charge in [0.25, 0.3) is 5.69 Å². The minimum atomic E-state index is -0.377. The minimum absolute atomic E-state index is 0.139. The molecule has 2 rings (SSSR count). The van der Waals surface area contributed by atoms with Gasteiger partial charge in [0.15, 0.2) is 0 Å². The van der Waals surface area contributed by atoms with E-state index in [-0.39, 0.29) is 10.6 Å². The predicted octanol–water partition coefficient (Wildman–Crippen LogP) is 4.23. The summed E-state index contributed by atoms with van der Waals surface area (Å²) in [6.07, 6.45) is 0. The molecule has 0 aliphatic heterocycles. The Morgan fingerprint density at radius 2 is 2.22 bits per heavy atom. The van der Waals surface area contributed by atoms with Crippen molar-refractivity contribution in [1.29, 1.82) is 0 Å². The third kappa shape index (κ3) is 3.00. The van der Waals surface area contributed by atoms with E-state index in [4.69, 9.17) is 11.6 Å². The zero-order valence-corrected chi connectivity index (χ0v) is 11.2. The van der Waals surface area contributed by atoms with Gasteiger partial charge in [0.05, 0.1) is 9.95 Å². The highest BCUT2D eigenvalue weighted by Gasteiger charge is 2.09. The largest absolute Gasteiger partial charge is 0.380 e. The van der Waals surface area contributed by atoms with Crippen LogP contribution in [0.15, 0.2) is 29.6 Å². The van der Waals surface area contributed by atoms with E-state index < -0.39 is 0 Å². The Kier molecular flexibility index (Phi) is 3.84. The Balaban J connectivity index is 2.06. The third-order valence-electron chi connectivity index (χ3n) is 2.48. The second kappa shape index (κ2) is 5.37. The molecular formula is C12H11ClN2O2S. The van der Waals surface area contributed by atoms with Gasteiger partial charge in [0.2, 0.25) is 0 Å². The summed E-state index contributed by atoms with van der Waals surface area (Å²) in [5, 5.41) is 16.5. The van der Waals surface area contributed by atoms with Gasteiger partial charge in [-0.05, 0) is 25.1 Å². The van der Waals surface area contributed by atoms with Crippen molar-refractivity contribution in [3.8, 4) is 0 Å². The molecule has 1 aromatic heterocycles. The van der Waals surface area contributed by atoms with Crippen LogP contribution in [0.25, 0.3) is 0 Å². The molecule has 0 aliphatic rings. The van der Waals surface area contributed by atoms with Crippen molar-refractivity contribution in [3.63, 3.8) is 0 Å². The fraction of sp³-hybridized carbons (Fsp3) is 0.167. The maximum atomic E-state index is 10.7. The zero-order valence-electron chi connectivity index (χ0n) is 9.64. The van der Waals surface area contributed by atoms with Gasteiger partial charge in [-0.25, -0.2) is 0 Å². The summed E-state index contributed by atoms with van der Waals surface area (Å²) in [6, 6.07) is 6.89. The van der Waals surface area contributed by atoms with Crippen LogP contribution in [0.2, 0.25) is 5.02 Å². The van der Waals surface area contributed by atoms with E-state index in [1.807, 2.05) is 11.4 Å². The fourth-order valence-electron chi connectivity index (χ4n) is 1.61. The van der Waals surface area contributed by atoms with Crippen LogP contribution in [0.3, 0.4) is 0 Å². The van der Waals surface area contributed by atoms with Gasteiger partial charge < -0.3 is 5.32 Å². The van der Waals surface area contributed by atoms with E-state index in [1.54, 1.807) is 30.4 Å². The van der Waals surface area contributed by atoms with Crippen molar-refractivity contribution in [2.45, 2.75) is 13.5 Å². The lowest BCUT2D eigenvalue weighted by Crippen LogP contribution is -1.99.